The van der Waals surface area contributed by atoms with Gasteiger partial charge in [-0.3, -0.25) is 14.5 Å². The minimum Gasteiger partial charge on any atom is -0.484 e. The van der Waals surface area contributed by atoms with E-state index < -0.39 is 32.2 Å². The van der Waals surface area contributed by atoms with Gasteiger partial charge < -0.3 is 41.1 Å². The van der Waals surface area contributed by atoms with Crippen molar-refractivity contribution in [3.63, 3.8) is 0 Å². The Hall–Kier alpha value is -5.54. The van der Waals surface area contributed by atoms with Crippen LogP contribution in [0.1, 0.15) is 92.6 Å². The molecule has 3 aliphatic heterocycles. The third-order valence-electron chi connectivity index (χ3n) is 13.7. The summed E-state index contributed by atoms with van der Waals surface area (Å²) in [6, 6.07) is 17.8. The number of urea groups is 2. The molecule has 1 aliphatic carbocycles. The summed E-state index contributed by atoms with van der Waals surface area (Å²) in [6.07, 6.45) is 3.86. The number of halogens is 1. The monoisotopic (exact) mass is 1050 g/mol. The molecule has 0 radical (unpaired) electrons. The summed E-state index contributed by atoms with van der Waals surface area (Å²) in [5, 5.41) is 30.2. The molecule has 0 aromatic heterocycles. The molecule has 20 nitrogen and oxygen atoms in total. The van der Waals surface area contributed by atoms with E-state index in [4.69, 9.17) is 21.5 Å². The third kappa shape index (κ3) is 14.6. The van der Waals surface area contributed by atoms with Crippen LogP contribution in [0.25, 0.3) is 0 Å². The van der Waals surface area contributed by atoms with Crippen molar-refractivity contribution in [2.24, 2.45) is 5.14 Å². The van der Waals surface area contributed by atoms with Gasteiger partial charge in [-0.25, -0.2) is 36.3 Å². The largest absolute Gasteiger partial charge is 0.484 e. The van der Waals surface area contributed by atoms with Crippen LogP contribution in [0.15, 0.2) is 70.5 Å². The van der Waals surface area contributed by atoms with Crippen LogP contribution in [0.4, 0.5) is 9.59 Å². The lowest BCUT2D eigenvalue weighted by molar-refractivity contribution is -0.131. The average Bonchev–Trinajstić information content (AvgIpc) is 4.12. The normalized spacial score (nSPS) is 21.2. The molecule has 0 spiro atoms. The van der Waals surface area contributed by atoms with Gasteiger partial charge in [0.1, 0.15) is 11.9 Å². The first-order valence-corrected chi connectivity index (χ1v) is 28.1. The molecular formula is C49H66ClN11O9S2. The van der Waals surface area contributed by atoms with Crippen LogP contribution < -0.4 is 41.2 Å². The number of nitrogens with zero attached hydrogens (tertiary/aromatic N) is 4. The van der Waals surface area contributed by atoms with E-state index in [1.54, 1.807) is 46.2 Å². The summed E-state index contributed by atoms with van der Waals surface area (Å²) in [5.74, 6) is 0.186. The number of piperazine rings is 1. The number of hydrogen-bond donors (Lipinski definition) is 7. The van der Waals surface area contributed by atoms with Crippen molar-refractivity contribution in [1.29, 1.82) is 5.26 Å². The molecule has 72 heavy (non-hydrogen) atoms. The van der Waals surface area contributed by atoms with Crippen LogP contribution in [0.2, 0.25) is 5.02 Å². The van der Waals surface area contributed by atoms with Crippen molar-refractivity contribution in [3.05, 3.63) is 87.9 Å². The van der Waals surface area contributed by atoms with E-state index in [1.165, 1.54) is 18.2 Å². The number of nitriles is 1. The Morgan fingerprint density at radius 3 is 2.03 bits per heavy atom. The SMILES string of the molecule is C[C@@H]1CN([C@H]2Cc3c(C#N)cc(Cl)cc3[C@@H]2Oc2ccc(S(=O)(=O)N[C@H]3CCN(C(=O)CCCNC(=O)NCCCCNC(=O)NCCCC(=O)N4CC[C@H](c5ccccc5S(N)(=O)=O)C4)C3)cc2)CCN1. The highest BCUT2D eigenvalue weighted by Crippen LogP contribution is 2.41. The molecule has 3 heterocycles. The summed E-state index contributed by atoms with van der Waals surface area (Å²) >= 11 is 6.44. The molecule has 3 fully saturated rings. The number of ether oxygens (including phenoxy) is 1. The molecule has 0 unspecified atom stereocenters. The number of carbonyl (C=O) groups is 4. The Bertz CT molecular complexity index is 2690. The van der Waals surface area contributed by atoms with Crippen LogP contribution in [-0.4, -0.2) is 146 Å². The van der Waals surface area contributed by atoms with Gasteiger partial charge in [0.25, 0.3) is 0 Å². The molecule has 3 aromatic carbocycles. The number of amides is 6. The maximum Gasteiger partial charge on any atom is 0.314 e. The highest BCUT2D eigenvalue weighted by atomic mass is 35.5. The second-order valence-electron chi connectivity index (χ2n) is 18.9. The number of fused-ring (bicyclic) bond motifs is 1. The Labute approximate surface area is 427 Å². The first-order chi connectivity index (χ1) is 34.5. The van der Waals surface area contributed by atoms with Crippen molar-refractivity contribution in [1.82, 2.24) is 46.0 Å². The summed E-state index contributed by atoms with van der Waals surface area (Å²) in [6.45, 7) is 7.54. The molecule has 0 saturated carbocycles. The first-order valence-electron chi connectivity index (χ1n) is 24.7. The molecule has 6 amide bonds. The average molecular weight is 1050 g/mol. The number of unbranched alkanes of at least 4 members (excludes halogenated alkanes) is 1. The molecule has 3 aromatic rings. The molecule has 3 saturated heterocycles. The Morgan fingerprint density at radius 2 is 1.40 bits per heavy atom. The van der Waals surface area contributed by atoms with E-state index in [0.29, 0.717) is 112 Å². The van der Waals surface area contributed by atoms with Crippen molar-refractivity contribution in [2.75, 3.05) is 72.0 Å². The lowest BCUT2D eigenvalue weighted by Gasteiger charge is -2.38. The van der Waals surface area contributed by atoms with E-state index in [0.717, 1.165) is 30.8 Å². The number of rotatable bonds is 21. The van der Waals surface area contributed by atoms with E-state index in [2.05, 4.69) is 49.2 Å². The fraction of sp³-hybridized carbons (Fsp3) is 0.531. The van der Waals surface area contributed by atoms with Crippen LogP contribution in [0, 0.1) is 11.3 Å². The minimum atomic E-state index is -3.91. The van der Waals surface area contributed by atoms with Crippen molar-refractivity contribution < 1.29 is 40.8 Å². The maximum absolute atomic E-state index is 13.5. The molecule has 8 N–H and O–H groups in total. The number of sulfonamides is 2. The van der Waals surface area contributed by atoms with E-state index >= 15 is 0 Å². The molecule has 390 valence electrons. The minimum absolute atomic E-state index is 0.0328. The standard InChI is InChI=1S/C49H66ClN11O9S2/c1-33-30-59(25-22-53-33)43-28-41-35(29-51)26-36(50)27-42(41)47(43)70-38-12-14-39(15-13-38)72(68,69)58-37-17-24-61(32-37)46(63)11-7-21-57-49(65)55-19-5-4-18-54-48(64)56-20-6-10-45(62)60-23-16-34(31-60)40-8-2-3-9-44(40)71(52,66)67/h2-3,8-9,12-15,26-27,33-34,37,43,47,53,58H,4-7,10-11,16-25,28,30-32H2,1H3,(H2,52,66,67)(H2,54,56,64)(H2,55,57,65)/t33-,34+,37+,43+,47+/m1/s1. The van der Waals surface area contributed by atoms with Gasteiger partial charge in [0, 0.05) is 108 Å². The van der Waals surface area contributed by atoms with Gasteiger partial charge in [0.15, 0.2) is 0 Å². The number of primary sulfonamides is 1. The van der Waals surface area contributed by atoms with Gasteiger partial charge in [0.2, 0.25) is 31.9 Å². The first kappa shape index (κ1) is 54.2. The second-order valence-corrected chi connectivity index (χ2v) is 22.6. The highest BCUT2D eigenvalue weighted by Gasteiger charge is 2.41. The molecular weight excluding hydrogens is 986 g/mol. The fourth-order valence-corrected chi connectivity index (χ4v) is 12.3. The van der Waals surface area contributed by atoms with Gasteiger partial charge in [-0.1, -0.05) is 29.8 Å². The van der Waals surface area contributed by atoms with E-state index in [1.807, 2.05) is 6.07 Å². The quantitative estimate of drug-likeness (QED) is 0.0759. The topological polar surface area (TPSA) is 278 Å². The van der Waals surface area contributed by atoms with Crippen molar-refractivity contribution in [3.8, 4) is 11.8 Å². The zero-order valence-electron chi connectivity index (χ0n) is 40.5. The molecule has 4 aliphatic rings. The smallest absolute Gasteiger partial charge is 0.314 e. The van der Waals surface area contributed by atoms with Crippen molar-refractivity contribution >= 4 is 55.5 Å². The lowest BCUT2D eigenvalue weighted by Crippen LogP contribution is -2.54. The van der Waals surface area contributed by atoms with Crippen molar-refractivity contribution in [2.45, 2.75) is 105 Å². The lowest BCUT2D eigenvalue weighted by atomic mass is 9.98. The van der Waals surface area contributed by atoms with Gasteiger partial charge in [-0.15, -0.1) is 0 Å². The fourth-order valence-electron chi connectivity index (χ4n) is 10.00. The van der Waals surface area contributed by atoms with Crippen LogP contribution in [-0.2, 0) is 36.1 Å². The number of nitrogens with two attached hydrogens (primary N) is 1. The predicted molar refractivity (Wildman–Crippen MR) is 270 cm³/mol. The number of hydrogen-bond acceptors (Lipinski definition) is 12. The highest BCUT2D eigenvalue weighted by molar-refractivity contribution is 7.89. The number of nitrogens with one attached hydrogen (secondary N) is 6. The maximum atomic E-state index is 13.5. The Morgan fingerprint density at radius 1 is 0.792 bits per heavy atom. The summed E-state index contributed by atoms with van der Waals surface area (Å²) < 4.78 is 60.3. The van der Waals surface area contributed by atoms with Gasteiger partial charge in [0.05, 0.1) is 27.5 Å². The molecule has 5 atom stereocenters. The van der Waals surface area contributed by atoms with Gasteiger partial charge >= 0.3 is 12.1 Å². The Balaban J connectivity index is 0.724. The number of carbonyl (C=O) groups excluding carboxylic acids is 4. The number of likely N-dealkylation sites (tertiary alicyclic amines) is 2. The summed E-state index contributed by atoms with van der Waals surface area (Å²) in [5.41, 5.74) is 2.93. The zero-order chi connectivity index (χ0) is 51.4. The molecule has 23 heteroatoms. The van der Waals surface area contributed by atoms with Gasteiger partial charge in [-0.05, 0) is 111 Å². The number of benzene rings is 3. The third-order valence-corrected chi connectivity index (χ3v) is 16.4. The van der Waals surface area contributed by atoms with Crippen LogP contribution in [0.3, 0.4) is 0 Å². The van der Waals surface area contributed by atoms with E-state index in [-0.39, 0.29) is 71.6 Å². The Kier molecular flexibility index (Phi) is 18.8. The second kappa shape index (κ2) is 24.9. The van der Waals surface area contributed by atoms with Crippen LogP contribution >= 0.6 is 11.6 Å². The predicted octanol–water partition coefficient (Wildman–Crippen LogP) is 3.03. The molecule has 7 rings (SSSR count). The summed E-state index contributed by atoms with van der Waals surface area (Å²) in [4.78, 5) is 56.2. The van der Waals surface area contributed by atoms with Gasteiger partial charge in [-0.2, -0.15) is 5.26 Å². The van der Waals surface area contributed by atoms with Crippen LogP contribution in [0.5, 0.6) is 5.75 Å². The summed E-state index contributed by atoms with van der Waals surface area (Å²) in [7, 11) is -7.79. The molecule has 0 bridgehead atoms. The zero-order valence-corrected chi connectivity index (χ0v) is 42.9. The van der Waals surface area contributed by atoms with E-state index in [9.17, 15) is 41.3 Å².